The maximum Gasteiger partial charge on any atom is 0.292 e. The van der Waals surface area contributed by atoms with Crippen molar-refractivity contribution in [1.82, 2.24) is 5.32 Å². The normalized spacial score (nSPS) is 10.1. The average Bonchev–Trinajstić information content (AvgIpc) is 2.90. The van der Waals surface area contributed by atoms with Gasteiger partial charge in [0.25, 0.3) is 11.6 Å². The number of nitrogens with zero attached hydrogens (tertiary/aromatic N) is 1. The monoisotopic (exact) mass is 353 g/mol. The van der Waals surface area contributed by atoms with Gasteiger partial charge in [0, 0.05) is 19.2 Å². The Hall–Kier alpha value is -2.35. The zero-order chi connectivity index (χ0) is 15.2. The molecule has 0 fully saturated rings. The topological polar surface area (TPSA) is 97.4 Å². The van der Waals surface area contributed by atoms with Gasteiger partial charge in [-0.25, -0.2) is 0 Å². The fourth-order valence-electron chi connectivity index (χ4n) is 1.68. The lowest BCUT2D eigenvalue weighted by Gasteiger charge is -2.07. The second kappa shape index (κ2) is 6.89. The molecule has 0 aliphatic rings. The zero-order valence-corrected chi connectivity index (χ0v) is 12.4. The van der Waals surface area contributed by atoms with Gasteiger partial charge in [-0.1, -0.05) is 12.1 Å². The van der Waals surface area contributed by atoms with E-state index in [-0.39, 0.29) is 17.4 Å². The molecule has 2 N–H and O–H groups in total. The number of hydrogen-bond donors (Lipinski definition) is 2. The number of halogens is 1. The highest BCUT2D eigenvalue weighted by atomic mass is 79.9. The molecule has 1 heterocycles. The largest absolute Gasteiger partial charge is 0.444 e. The van der Waals surface area contributed by atoms with Gasteiger partial charge in [0.1, 0.15) is 5.69 Å². The minimum Gasteiger partial charge on any atom is -0.444 e. The van der Waals surface area contributed by atoms with Crippen LogP contribution >= 0.6 is 15.9 Å². The minimum atomic E-state index is -0.457. The molecule has 0 radical (unpaired) electrons. The number of rotatable bonds is 6. The van der Waals surface area contributed by atoms with Crippen LogP contribution in [-0.4, -0.2) is 23.9 Å². The number of carbonyl (C=O) groups is 1. The Kier molecular flexibility index (Phi) is 4.94. The van der Waals surface area contributed by atoms with Gasteiger partial charge in [0.05, 0.1) is 4.92 Å². The highest BCUT2D eigenvalue weighted by Gasteiger charge is 2.12. The van der Waals surface area contributed by atoms with Crippen LogP contribution in [0, 0.1) is 10.1 Å². The van der Waals surface area contributed by atoms with Crippen molar-refractivity contribution in [2.24, 2.45) is 0 Å². The quantitative estimate of drug-likeness (QED) is 0.472. The molecule has 0 aliphatic heterocycles. The molecular formula is C13H12BrN3O4. The average molecular weight is 354 g/mol. The Labute approximate surface area is 128 Å². The summed E-state index contributed by atoms with van der Waals surface area (Å²) in [5.74, 6) is -0.141. The Morgan fingerprint density at radius 2 is 2.00 bits per heavy atom. The second-order valence-corrected chi connectivity index (χ2v) is 4.84. The molecule has 0 saturated carbocycles. The summed E-state index contributed by atoms with van der Waals surface area (Å²) in [4.78, 5) is 22.1. The predicted molar refractivity (Wildman–Crippen MR) is 80.3 cm³/mol. The number of carbonyl (C=O) groups excluding carboxylic acids is 1. The number of anilines is 1. The lowest BCUT2D eigenvalue weighted by Crippen LogP contribution is -2.28. The van der Waals surface area contributed by atoms with E-state index in [4.69, 9.17) is 4.42 Å². The standard InChI is InChI=1S/C13H12BrN3O4/c14-12-6-5-11(21-12)13(18)16-8-7-15-9-3-1-2-4-10(9)17(19)20/h1-6,15H,7-8H2,(H,16,18). The summed E-state index contributed by atoms with van der Waals surface area (Å²) in [5, 5.41) is 16.4. The molecule has 2 rings (SSSR count). The van der Waals surface area contributed by atoms with E-state index in [1.807, 2.05) is 0 Å². The highest BCUT2D eigenvalue weighted by molar-refractivity contribution is 9.10. The van der Waals surface area contributed by atoms with Crippen LogP contribution in [0.3, 0.4) is 0 Å². The summed E-state index contributed by atoms with van der Waals surface area (Å²) in [7, 11) is 0. The maximum absolute atomic E-state index is 11.7. The van der Waals surface area contributed by atoms with Crippen molar-refractivity contribution < 1.29 is 14.1 Å². The third-order valence-corrected chi connectivity index (χ3v) is 3.05. The highest BCUT2D eigenvalue weighted by Crippen LogP contribution is 2.22. The predicted octanol–water partition coefficient (Wildman–Crippen LogP) is 2.79. The van der Waals surface area contributed by atoms with Crippen LogP contribution in [0.4, 0.5) is 11.4 Å². The van der Waals surface area contributed by atoms with E-state index < -0.39 is 4.92 Å². The van der Waals surface area contributed by atoms with Crippen molar-refractivity contribution in [3.8, 4) is 0 Å². The molecule has 8 heteroatoms. The first-order valence-corrected chi connectivity index (χ1v) is 6.88. The van der Waals surface area contributed by atoms with Crippen molar-refractivity contribution in [2.45, 2.75) is 0 Å². The van der Waals surface area contributed by atoms with Gasteiger partial charge < -0.3 is 15.1 Å². The van der Waals surface area contributed by atoms with E-state index in [0.717, 1.165) is 0 Å². The molecule has 110 valence electrons. The van der Waals surface area contributed by atoms with Gasteiger partial charge in [-0.2, -0.15) is 0 Å². The molecule has 0 spiro atoms. The molecule has 1 amide bonds. The molecule has 0 unspecified atom stereocenters. The van der Waals surface area contributed by atoms with Gasteiger partial charge in [-0.3, -0.25) is 14.9 Å². The number of furan rings is 1. The first-order valence-electron chi connectivity index (χ1n) is 6.09. The van der Waals surface area contributed by atoms with E-state index in [1.54, 1.807) is 30.3 Å². The zero-order valence-electron chi connectivity index (χ0n) is 10.8. The maximum atomic E-state index is 11.7. The summed E-state index contributed by atoms with van der Waals surface area (Å²) >= 11 is 3.11. The minimum absolute atomic E-state index is 0.00112. The van der Waals surface area contributed by atoms with Crippen LogP contribution in [0.2, 0.25) is 0 Å². The number of nitrogens with one attached hydrogen (secondary N) is 2. The molecule has 2 aromatic rings. The van der Waals surface area contributed by atoms with Gasteiger partial charge in [0.15, 0.2) is 10.4 Å². The Balaban J connectivity index is 1.83. The molecule has 0 saturated heterocycles. The lowest BCUT2D eigenvalue weighted by molar-refractivity contribution is -0.384. The smallest absolute Gasteiger partial charge is 0.292 e. The van der Waals surface area contributed by atoms with Gasteiger partial charge in [0.2, 0.25) is 0 Å². The van der Waals surface area contributed by atoms with Crippen molar-refractivity contribution >= 4 is 33.2 Å². The first-order chi connectivity index (χ1) is 10.1. The number of amides is 1. The van der Waals surface area contributed by atoms with Crippen LogP contribution in [0.5, 0.6) is 0 Å². The van der Waals surface area contributed by atoms with Crippen LogP contribution in [0.25, 0.3) is 0 Å². The number of nitro groups is 1. The molecule has 0 atom stereocenters. The fourth-order valence-corrected chi connectivity index (χ4v) is 1.99. The molecule has 0 aliphatic carbocycles. The van der Waals surface area contributed by atoms with E-state index in [9.17, 15) is 14.9 Å². The summed E-state index contributed by atoms with van der Waals surface area (Å²) < 4.78 is 5.58. The van der Waals surface area contributed by atoms with Crippen molar-refractivity contribution in [3.05, 3.63) is 56.9 Å². The third-order valence-electron chi connectivity index (χ3n) is 2.62. The van der Waals surface area contributed by atoms with E-state index in [0.29, 0.717) is 23.4 Å². The summed E-state index contributed by atoms with van der Waals surface area (Å²) in [5.41, 5.74) is 0.413. The molecule has 0 bridgehead atoms. The molecule has 7 nitrogen and oxygen atoms in total. The Morgan fingerprint density at radius 1 is 1.24 bits per heavy atom. The van der Waals surface area contributed by atoms with E-state index in [1.165, 1.54) is 6.07 Å². The molecule has 1 aromatic heterocycles. The van der Waals surface area contributed by atoms with Gasteiger partial charge in [-0.05, 0) is 34.1 Å². The van der Waals surface area contributed by atoms with Crippen LogP contribution in [0.15, 0.2) is 45.5 Å². The van der Waals surface area contributed by atoms with Crippen molar-refractivity contribution in [1.29, 1.82) is 0 Å². The van der Waals surface area contributed by atoms with Crippen molar-refractivity contribution in [3.63, 3.8) is 0 Å². The van der Waals surface area contributed by atoms with E-state index >= 15 is 0 Å². The van der Waals surface area contributed by atoms with Gasteiger partial charge in [-0.15, -0.1) is 0 Å². The van der Waals surface area contributed by atoms with Crippen LogP contribution < -0.4 is 10.6 Å². The molecule has 21 heavy (non-hydrogen) atoms. The molecular weight excluding hydrogens is 342 g/mol. The first kappa shape index (κ1) is 15.0. The van der Waals surface area contributed by atoms with Crippen LogP contribution in [0.1, 0.15) is 10.6 Å². The third kappa shape index (κ3) is 4.06. The number of hydrogen-bond acceptors (Lipinski definition) is 5. The number of nitro benzene ring substituents is 1. The summed E-state index contributed by atoms with van der Waals surface area (Å²) in [6, 6.07) is 9.51. The number of benzene rings is 1. The summed E-state index contributed by atoms with van der Waals surface area (Å²) in [6.45, 7) is 0.668. The Bertz CT molecular complexity index is 656. The van der Waals surface area contributed by atoms with E-state index in [2.05, 4.69) is 26.6 Å². The van der Waals surface area contributed by atoms with Crippen molar-refractivity contribution in [2.75, 3.05) is 18.4 Å². The van der Waals surface area contributed by atoms with Gasteiger partial charge >= 0.3 is 0 Å². The summed E-state index contributed by atoms with van der Waals surface area (Å²) in [6.07, 6.45) is 0. The molecule has 1 aromatic carbocycles. The second-order valence-electron chi connectivity index (χ2n) is 4.06. The Morgan fingerprint density at radius 3 is 2.67 bits per heavy atom. The number of para-hydroxylation sites is 2. The fraction of sp³-hybridized carbons (Fsp3) is 0.154. The SMILES string of the molecule is O=C(NCCNc1ccccc1[N+](=O)[O-])c1ccc(Br)o1. The lowest BCUT2D eigenvalue weighted by atomic mass is 10.2. The van der Waals surface area contributed by atoms with Crippen LogP contribution in [-0.2, 0) is 0 Å².